The smallest absolute Gasteiger partial charge is 0.264 e. The van der Waals surface area contributed by atoms with Crippen molar-refractivity contribution >= 4 is 15.7 Å². The third-order valence-corrected chi connectivity index (χ3v) is 5.43. The van der Waals surface area contributed by atoms with E-state index in [2.05, 4.69) is 4.72 Å². The summed E-state index contributed by atoms with van der Waals surface area (Å²) in [6.07, 6.45) is 0.845. The van der Waals surface area contributed by atoms with Gasteiger partial charge in [0, 0.05) is 0 Å². The summed E-state index contributed by atoms with van der Waals surface area (Å²) in [6.45, 7) is 6.07. The van der Waals surface area contributed by atoms with Gasteiger partial charge in [-0.05, 0) is 41.7 Å². The van der Waals surface area contributed by atoms with Crippen LogP contribution in [0.5, 0.6) is 5.75 Å². The van der Waals surface area contributed by atoms with Crippen LogP contribution in [0.15, 0.2) is 47.4 Å². The van der Waals surface area contributed by atoms with Crippen LogP contribution in [0.1, 0.15) is 32.8 Å². The molecule has 0 atom stereocenters. The highest BCUT2D eigenvalue weighted by molar-refractivity contribution is 7.92. The SMILES string of the molecule is CCC(C)(C)c1ccc(O)c(NS(=O)(=O)c2ccccc2F)c1. The van der Waals surface area contributed by atoms with Crippen LogP contribution < -0.4 is 4.72 Å². The van der Waals surface area contributed by atoms with E-state index in [-0.39, 0.29) is 16.9 Å². The summed E-state index contributed by atoms with van der Waals surface area (Å²) in [5.41, 5.74) is 0.739. The lowest BCUT2D eigenvalue weighted by atomic mass is 9.82. The predicted molar refractivity (Wildman–Crippen MR) is 88.6 cm³/mol. The molecule has 0 spiro atoms. The van der Waals surface area contributed by atoms with E-state index in [1.54, 1.807) is 12.1 Å². The van der Waals surface area contributed by atoms with Gasteiger partial charge in [-0.2, -0.15) is 0 Å². The number of rotatable bonds is 5. The number of anilines is 1. The molecule has 2 rings (SSSR count). The van der Waals surface area contributed by atoms with Gasteiger partial charge in [-0.1, -0.05) is 39.0 Å². The summed E-state index contributed by atoms with van der Waals surface area (Å²) in [5, 5.41) is 9.93. The third-order valence-electron chi connectivity index (χ3n) is 4.03. The van der Waals surface area contributed by atoms with E-state index < -0.39 is 20.7 Å². The zero-order chi connectivity index (χ0) is 17.3. The standard InChI is InChI=1S/C17H20FNO3S/c1-4-17(2,3)12-9-10-15(20)14(11-12)19-23(21,22)16-8-6-5-7-13(16)18/h5-11,19-20H,4H2,1-3H3. The number of benzene rings is 2. The first-order valence-corrected chi connectivity index (χ1v) is 8.76. The van der Waals surface area contributed by atoms with Crippen LogP contribution in [-0.2, 0) is 15.4 Å². The van der Waals surface area contributed by atoms with Gasteiger partial charge in [0.2, 0.25) is 0 Å². The summed E-state index contributed by atoms with van der Waals surface area (Å²) in [7, 11) is -4.12. The number of halogens is 1. The van der Waals surface area contributed by atoms with Crippen molar-refractivity contribution < 1.29 is 17.9 Å². The van der Waals surface area contributed by atoms with Crippen molar-refractivity contribution in [2.75, 3.05) is 4.72 Å². The molecule has 23 heavy (non-hydrogen) atoms. The van der Waals surface area contributed by atoms with Crippen molar-refractivity contribution in [3.05, 3.63) is 53.8 Å². The molecule has 0 saturated carbocycles. The minimum Gasteiger partial charge on any atom is -0.506 e. The maximum Gasteiger partial charge on any atom is 0.264 e. The summed E-state index contributed by atoms with van der Waals surface area (Å²) < 4.78 is 40.7. The highest BCUT2D eigenvalue weighted by Gasteiger charge is 2.23. The summed E-state index contributed by atoms with van der Waals surface area (Å²) in [4.78, 5) is -0.459. The number of aromatic hydroxyl groups is 1. The van der Waals surface area contributed by atoms with Crippen molar-refractivity contribution in [1.82, 2.24) is 0 Å². The van der Waals surface area contributed by atoms with E-state index in [0.717, 1.165) is 18.1 Å². The van der Waals surface area contributed by atoms with E-state index >= 15 is 0 Å². The zero-order valence-corrected chi connectivity index (χ0v) is 14.1. The Morgan fingerprint density at radius 1 is 1.17 bits per heavy atom. The fourth-order valence-corrected chi connectivity index (χ4v) is 3.25. The maximum absolute atomic E-state index is 13.7. The lowest BCUT2D eigenvalue weighted by Crippen LogP contribution is -2.18. The summed E-state index contributed by atoms with van der Waals surface area (Å²) >= 11 is 0. The van der Waals surface area contributed by atoms with Gasteiger partial charge < -0.3 is 5.11 Å². The van der Waals surface area contributed by atoms with Crippen LogP contribution >= 0.6 is 0 Å². The Hall–Kier alpha value is -2.08. The number of sulfonamides is 1. The van der Waals surface area contributed by atoms with Gasteiger partial charge in [0.1, 0.15) is 16.5 Å². The molecule has 0 aliphatic heterocycles. The Morgan fingerprint density at radius 2 is 1.83 bits per heavy atom. The van der Waals surface area contributed by atoms with Crippen molar-refractivity contribution in [3.63, 3.8) is 0 Å². The third kappa shape index (κ3) is 3.64. The Bertz CT molecular complexity index is 816. The van der Waals surface area contributed by atoms with Gasteiger partial charge in [-0.15, -0.1) is 0 Å². The topological polar surface area (TPSA) is 66.4 Å². The number of phenolic OH excluding ortho intramolecular Hbond substituents is 1. The molecule has 2 N–H and O–H groups in total. The van der Waals surface area contributed by atoms with Gasteiger partial charge >= 0.3 is 0 Å². The largest absolute Gasteiger partial charge is 0.506 e. The van der Waals surface area contributed by atoms with Gasteiger partial charge in [0.15, 0.2) is 0 Å². The fraction of sp³-hybridized carbons (Fsp3) is 0.294. The van der Waals surface area contributed by atoms with Gasteiger partial charge in [0.05, 0.1) is 5.69 Å². The quantitative estimate of drug-likeness (QED) is 0.810. The molecular formula is C17H20FNO3S. The molecular weight excluding hydrogens is 317 g/mol. The second-order valence-electron chi connectivity index (χ2n) is 6.01. The number of phenols is 1. The van der Waals surface area contributed by atoms with E-state index in [0.29, 0.717) is 0 Å². The van der Waals surface area contributed by atoms with Gasteiger partial charge in [-0.3, -0.25) is 4.72 Å². The predicted octanol–water partition coefficient (Wildman–Crippen LogP) is 4.02. The molecule has 2 aromatic carbocycles. The number of hydrogen-bond acceptors (Lipinski definition) is 3. The molecule has 124 valence electrons. The molecule has 0 aliphatic rings. The molecule has 0 fully saturated rings. The minimum absolute atomic E-state index is 0.0345. The molecule has 0 bridgehead atoms. The van der Waals surface area contributed by atoms with Crippen LogP contribution in [0.25, 0.3) is 0 Å². The van der Waals surface area contributed by atoms with Crippen LogP contribution in [0.2, 0.25) is 0 Å². The monoisotopic (exact) mass is 337 g/mol. The first-order valence-electron chi connectivity index (χ1n) is 7.28. The summed E-state index contributed by atoms with van der Waals surface area (Å²) in [6, 6.07) is 9.87. The molecule has 2 aromatic rings. The maximum atomic E-state index is 13.7. The average Bonchev–Trinajstić information content (AvgIpc) is 2.49. The average molecular weight is 337 g/mol. The van der Waals surface area contributed by atoms with Crippen LogP contribution in [0, 0.1) is 5.82 Å². The highest BCUT2D eigenvalue weighted by atomic mass is 32.2. The van der Waals surface area contributed by atoms with E-state index in [1.807, 2.05) is 20.8 Å². The normalized spacial score (nSPS) is 12.2. The molecule has 0 unspecified atom stereocenters. The second kappa shape index (κ2) is 6.20. The number of hydrogen-bond donors (Lipinski definition) is 2. The van der Waals surface area contributed by atoms with E-state index in [9.17, 15) is 17.9 Å². The molecule has 6 heteroatoms. The van der Waals surface area contributed by atoms with Crippen LogP contribution in [-0.4, -0.2) is 13.5 Å². The Balaban J connectivity index is 2.44. The van der Waals surface area contributed by atoms with Crippen LogP contribution in [0.3, 0.4) is 0 Å². The lowest BCUT2D eigenvalue weighted by Gasteiger charge is -2.24. The Kier molecular flexibility index (Phi) is 4.66. The van der Waals surface area contributed by atoms with Gasteiger partial charge in [0.25, 0.3) is 10.0 Å². The Morgan fingerprint density at radius 3 is 2.43 bits per heavy atom. The molecule has 0 saturated heterocycles. The van der Waals surface area contributed by atoms with Crippen molar-refractivity contribution in [2.24, 2.45) is 0 Å². The molecule has 0 heterocycles. The molecule has 0 aromatic heterocycles. The minimum atomic E-state index is -4.12. The van der Waals surface area contributed by atoms with Crippen molar-refractivity contribution in [2.45, 2.75) is 37.5 Å². The molecule has 0 amide bonds. The molecule has 0 radical (unpaired) electrons. The summed E-state index contributed by atoms with van der Waals surface area (Å²) in [5.74, 6) is -1.05. The van der Waals surface area contributed by atoms with E-state index in [1.165, 1.54) is 24.3 Å². The first-order chi connectivity index (χ1) is 10.7. The van der Waals surface area contributed by atoms with Gasteiger partial charge in [-0.25, -0.2) is 12.8 Å². The Labute approximate surface area is 136 Å². The molecule has 0 aliphatic carbocycles. The highest BCUT2D eigenvalue weighted by Crippen LogP contribution is 2.34. The van der Waals surface area contributed by atoms with Crippen molar-refractivity contribution in [1.29, 1.82) is 0 Å². The zero-order valence-electron chi connectivity index (χ0n) is 13.3. The fourth-order valence-electron chi connectivity index (χ4n) is 2.11. The molecule has 4 nitrogen and oxygen atoms in total. The first kappa shape index (κ1) is 17.3. The second-order valence-corrected chi connectivity index (χ2v) is 7.66. The number of nitrogens with one attached hydrogen (secondary N) is 1. The lowest BCUT2D eigenvalue weighted by molar-refractivity contribution is 0.473. The van der Waals surface area contributed by atoms with Crippen LogP contribution in [0.4, 0.5) is 10.1 Å². The van der Waals surface area contributed by atoms with E-state index in [4.69, 9.17) is 0 Å². The van der Waals surface area contributed by atoms with Crippen molar-refractivity contribution in [3.8, 4) is 5.75 Å².